The molecule has 20 heavy (non-hydrogen) atoms. The fraction of sp³-hybridized carbons (Fsp3) is 0.133. The van der Waals surface area contributed by atoms with Crippen molar-refractivity contribution in [3.05, 3.63) is 63.6 Å². The summed E-state index contributed by atoms with van der Waals surface area (Å²) in [5.41, 5.74) is 8.50. The van der Waals surface area contributed by atoms with Crippen LogP contribution in [-0.2, 0) is 11.3 Å². The highest BCUT2D eigenvalue weighted by Crippen LogP contribution is 2.37. The van der Waals surface area contributed by atoms with Crippen LogP contribution in [0.25, 0.3) is 0 Å². The summed E-state index contributed by atoms with van der Waals surface area (Å²) in [6, 6.07) is 12.1. The van der Waals surface area contributed by atoms with Crippen LogP contribution in [0.15, 0.2) is 42.5 Å². The maximum atomic E-state index is 12.3. The van der Waals surface area contributed by atoms with Crippen molar-refractivity contribution in [2.24, 2.45) is 5.73 Å². The van der Waals surface area contributed by atoms with Crippen molar-refractivity contribution >= 4 is 34.8 Å². The number of benzene rings is 2. The van der Waals surface area contributed by atoms with Gasteiger partial charge in [0.15, 0.2) is 0 Å². The summed E-state index contributed by atoms with van der Waals surface area (Å²) in [7, 11) is 0. The van der Waals surface area contributed by atoms with E-state index in [4.69, 9.17) is 28.9 Å². The summed E-state index contributed by atoms with van der Waals surface area (Å²) < 4.78 is 0. The molecule has 2 aromatic rings. The predicted molar refractivity (Wildman–Crippen MR) is 81.0 cm³/mol. The Labute approximate surface area is 126 Å². The Hall–Kier alpha value is -1.55. The van der Waals surface area contributed by atoms with Crippen molar-refractivity contribution in [1.29, 1.82) is 0 Å². The lowest BCUT2D eigenvalue weighted by Gasteiger charge is -2.18. The first-order valence-electron chi connectivity index (χ1n) is 6.17. The molecule has 0 aromatic heterocycles. The third-order valence-corrected chi connectivity index (χ3v) is 3.85. The van der Waals surface area contributed by atoms with Crippen molar-refractivity contribution in [3.8, 4) is 0 Å². The van der Waals surface area contributed by atoms with Crippen LogP contribution >= 0.6 is 23.2 Å². The average molecular weight is 307 g/mol. The van der Waals surface area contributed by atoms with Gasteiger partial charge in [-0.25, -0.2) is 0 Å². The first-order chi connectivity index (χ1) is 9.56. The van der Waals surface area contributed by atoms with E-state index in [9.17, 15) is 4.79 Å². The number of carbonyl (C=O) groups is 1. The molecule has 3 nitrogen and oxygen atoms in total. The van der Waals surface area contributed by atoms with E-state index in [0.717, 1.165) is 16.8 Å². The third-order valence-electron chi connectivity index (χ3n) is 3.38. The number of amides is 1. The first-order valence-corrected chi connectivity index (χ1v) is 6.93. The van der Waals surface area contributed by atoms with Crippen LogP contribution in [0.2, 0.25) is 10.0 Å². The molecule has 1 atom stereocenters. The highest BCUT2D eigenvalue weighted by Gasteiger charge is 2.34. The lowest BCUT2D eigenvalue weighted by molar-refractivity contribution is -0.119. The molecule has 3 rings (SSSR count). The quantitative estimate of drug-likeness (QED) is 0.922. The molecule has 1 heterocycles. The Kier molecular flexibility index (Phi) is 3.42. The topological polar surface area (TPSA) is 46.3 Å². The molecule has 5 heteroatoms. The first kappa shape index (κ1) is 13.4. The second-order valence-corrected chi connectivity index (χ2v) is 5.61. The number of nitrogens with zero attached hydrogens (tertiary/aromatic N) is 1. The summed E-state index contributed by atoms with van der Waals surface area (Å²) in [5.74, 6) is -0.123. The number of rotatable bonds is 2. The zero-order valence-electron chi connectivity index (χ0n) is 10.5. The van der Waals surface area contributed by atoms with Gasteiger partial charge in [0.2, 0.25) is 5.91 Å². The molecule has 1 aliphatic rings. The van der Waals surface area contributed by atoms with Gasteiger partial charge in [-0.1, -0.05) is 35.3 Å². The van der Waals surface area contributed by atoms with E-state index in [1.807, 2.05) is 24.3 Å². The molecule has 0 unspecified atom stereocenters. The minimum Gasteiger partial charge on any atom is -0.316 e. The largest absolute Gasteiger partial charge is 0.316 e. The number of nitrogens with two attached hydrogens (primary N) is 1. The number of anilines is 1. The van der Waals surface area contributed by atoms with Gasteiger partial charge in [-0.15, -0.1) is 0 Å². The van der Waals surface area contributed by atoms with E-state index in [2.05, 4.69) is 0 Å². The number of fused-ring (bicyclic) bond motifs is 1. The normalized spacial score (nSPS) is 17.4. The molecule has 0 radical (unpaired) electrons. The van der Waals surface area contributed by atoms with Gasteiger partial charge < -0.3 is 10.6 Å². The van der Waals surface area contributed by atoms with Crippen LogP contribution in [-0.4, -0.2) is 5.91 Å². The van der Waals surface area contributed by atoms with Gasteiger partial charge in [0.05, 0.1) is 6.54 Å². The summed E-state index contributed by atoms with van der Waals surface area (Å²) in [6.45, 7) is 0.446. The van der Waals surface area contributed by atoms with E-state index in [1.54, 1.807) is 23.1 Å². The fourth-order valence-corrected chi connectivity index (χ4v) is 2.81. The Bertz CT molecular complexity index is 687. The van der Waals surface area contributed by atoms with Crippen molar-refractivity contribution in [2.75, 3.05) is 4.90 Å². The van der Waals surface area contributed by atoms with Crippen LogP contribution < -0.4 is 10.6 Å². The van der Waals surface area contributed by atoms with Crippen LogP contribution in [0.1, 0.15) is 17.2 Å². The van der Waals surface area contributed by atoms with Crippen LogP contribution in [0.4, 0.5) is 5.69 Å². The van der Waals surface area contributed by atoms with Crippen molar-refractivity contribution in [2.45, 2.75) is 12.6 Å². The lowest BCUT2D eigenvalue weighted by atomic mass is 10.1. The summed E-state index contributed by atoms with van der Waals surface area (Å²) in [4.78, 5) is 14.0. The zero-order chi connectivity index (χ0) is 14.3. The highest BCUT2D eigenvalue weighted by molar-refractivity contribution is 6.31. The molecule has 1 amide bonds. The fourth-order valence-electron chi connectivity index (χ4n) is 2.42. The molecular weight excluding hydrogens is 295 g/mol. The number of hydrogen-bond acceptors (Lipinski definition) is 2. The van der Waals surface area contributed by atoms with Gasteiger partial charge >= 0.3 is 0 Å². The molecule has 0 aliphatic carbocycles. The predicted octanol–water partition coefficient (Wildman–Crippen LogP) is 3.54. The van der Waals surface area contributed by atoms with Crippen molar-refractivity contribution < 1.29 is 4.79 Å². The third kappa shape index (κ3) is 2.29. The lowest BCUT2D eigenvalue weighted by Crippen LogP contribution is -2.31. The van der Waals surface area contributed by atoms with Gasteiger partial charge in [0.1, 0.15) is 6.04 Å². The van der Waals surface area contributed by atoms with E-state index >= 15 is 0 Å². The highest BCUT2D eigenvalue weighted by atomic mass is 35.5. The van der Waals surface area contributed by atoms with Gasteiger partial charge in [0.25, 0.3) is 0 Å². The molecule has 0 bridgehead atoms. The maximum absolute atomic E-state index is 12.3. The number of halogens is 2. The molecule has 2 N–H and O–H groups in total. The monoisotopic (exact) mass is 306 g/mol. The minimum absolute atomic E-state index is 0.123. The molecular formula is C15H12Cl2N2O. The molecule has 0 saturated heterocycles. The molecule has 0 spiro atoms. The summed E-state index contributed by atoms with van der Waals surface area (Å²) in [5, 5.41) is 1.23. The molecule has 0 fully saturated rings. The van der Waals surface area contributed by atoms with E-state index in [-0.39, 0.29) is 5.91 Å². The van der Waals surface area contributed by atoms with Crippen molar-refractivity contribution in [1.82, 2.24) is 0 Å². The summed E-state index contributed by atoms with van der Waals surface area (Å²) in [6.07, 6.45) is 0. The van der Waals surface area contributed by atoms with Gasteiger partial charge in [-0.3, -0.25) is 4.79 Å². The van der Waals surface area contributed by atoms with Crippen LogP contribution in [0.3, 0.4) is 0 Å². The van der Waals surface area contributed by atoms with Gasteiger partial charge in [0, 0.05) is 21.3 Å². The Morgan fingerprint density at radius 2 is 1.85 bits per heavy atom. The van der Waals surface area contributed by atoms with Crippen LogP contribution in [0, 0.1) is 0 Å². The second-order valence-electron chi connectivity index (χ2n) is 4.74. The SMILES string of the molecule is N[C@@H]1C(=O)N(Cc2cccc(Cl)c2)c2ccc(Cl)cc21. The van der Waals surface area contributed by atoms with E-state index in [0.29, 0.717) is 16.6 Å². The van der Waals surface area contributed by atoms with E-state index in [1.165, 1.54) is 0 Å². The van der Waals surface area contributed by atoms with Gasteiger partial charge in [-0.05, 0) is 35.9 Å². The molecule has 102 valence electrons. The Morgan fingerprint density at radius 1 is 1.10 bits per heavy atom. The zero-order valence-corrected chi connectivity index (χ0v) is 12.0. The van der Waals surface area contributed by atoms with Gasteiger partial charge in [-0.2, -0.15) is 0 Å². The smallest absolute Gasteiger partial charge is 0.248 e. The Balaban J connectivity index is 1.97. The summed E-state index contributed by atoms with van der Waals surface area (Å²) >= 11 is 11.9. The number of hydrogen-bond donors (Lipinski definition) is 1. The minimum atomic E-state index is -0.650. The molecule has 1 aliphatic heterocycles. The average Bonchev–Trinajstić information content (AvgIpc) is 2.64. The Morgan fingerprint density at radius 3 is 2.60 bits per heavy atom. The van der Waals surface area contributed by atoms with Crippen LogP contribution in [0.5, 0.6) is 0 Å². The molecule has 0 saturated carbocycles. The maximum Gasteiger partial charge on any atom is 0.248 e. The number of carbonyl (C=O) groups excluding carboxylic acids is 1. The second kappa shape index (κ2) is 5.09. The van der Waals surface area contributed by atoms with Crippen molar-refractivity contribution in [3.63, 3.8) is 0 Å². The van der Waals surface area contributed by atoms with E-state index < -0.39 is 6.04 Å². The standard InChI is InChI=1S/C15H12Cl2N2O/c16-10-3-1-2-9(6-10)8-19-13-5-4-11(17)7-12(13)14(18)15(19)20/h1-7,14H,8,18H2/t14-/m0/s1. The molecule has 2 aromatic carbocycles.